The highest BCUT2D eigenvalue weighted by atomic mass is 16.5. The van der Waals surface area contributed by atoms with Crippen LogP contribution in [-0.2, 0) is 0 Å². The molecule has 72 valence electrons. The highest BCUT2D eigenvalue weighted by Crippen LogP contribution is 2.30. The second-order valence-electron chi connectivity index (χ2n) is 3.23. The first-order valence-electron chi connectivity index (χ1n) is 4.41. The Labute approximate surface area is 82.0 Å². The molecule has 2 rings (SSSR count). The number of phenolic OH excluding ortho intramolecular Hbond substituents is 1. The Hall–Kier alpha value is -1.77. The summed E-state index contributed by atoms with van der Waals surface area (Å²) < 4.78 is 5.04. The topological polar surface area (TPSA) is 46.3 Å². The minimum Gasteiger partial charge on any atom is -0.507 e. The average molecular weight is 189 g/mol. The summed E-state index contributed by atoms with van der Waals surface area (Å²) in [5.74, 6) is 1.01. The highest BCUT2D eigenvalue weighted by Gasteiger charge is 2.12. The van der Waals surface area contributed by atoms with Crippen molar-refractivity contribution in [2.24, 2.45) is 0 Å². The number of para-hydroxylation sites is 1. The van der Waals surface area contributed by atoms with Gasteiger partial charge in [0.15, 0.2) is 0 Å². The summed E-state index contributed by atoms with van der Waals surface area (Å²) in [5, 5.41) is 13.5. The number of hydrogen-bond acceptors (Lipinski definition) is 3. The maximum absolute atomic E-state index is 9.62. The van der Waals surface area contributed by atoms with E-state index < -0.39 is 0 Å². The number of rotatable bonds is 1. The molecule has 3 heteroatoms. The molecule has 0 saturated heterocycles. The first-order valence-corrected chi connectivity index (χ1v) is 4.41. The predicted molar refractivity (Wildman–Crippen MR) is 53.1 cm³/mol. The van der Waals surface area contributed by atoms with Crippen LogP contribution in [-0.4, -0.2) is 10.3 Å². The third kappa shape index (κ3) is 1.27. The van der Waals surface area contributed by atoms with Crippen molar-refractivity contribution in [3.63, 3.8) is 0 Å². The largest absolute Gasteiger partial charge is 0.507 e. The van der Waals surface area contributed by atoms with Gasteiger partial charge >= 0.3 is 0 Å². The fourth-order valence-corrected chi connectivity index (χ4v) is 1.34. The van der Waals surface area contributed by atoms with E-state index >= 15 is 0 Å². The Kier molecular flexibility index (Phi) is 2.00. The van der Waals surface area contributed by atoms with Crippen LogP contribution in [0.4, 0.5) is 0 Å². The van der Waals surface area contributed by atoms with Crippen molar-refractivity contribution in [2.45, 2.75) is 13.8 Å². The van der Waals surface area contributed by atoms with Crippen LogP contribution >= 0.6 is 0 Å². The Morgan fingerprint density at radius 2 is 1.93 bits per heavy atom. The fourth-order valence-electron chi connectivity index (χ4n) is 1.34. The maximum atomic E-state index is 9.62. The molecule has 14 heavy (non-hydrogen) atoms. The molecule has 3 nitrogen and oxygen atoms in total. The van der Waals surface area contributed by atoms with Gasteiger partial charge in [0, 0.05) is 11.1 Å². The molecular weight excluding hydrogens is 178 g/mol. The molecule has 0 atom stereocenters. The van der Waals surface area contributed by atoms with Crippen LogP contribution in [0.15, 0.2) is 28.8 Å². The molecule has 1 heterocycles. The second kappa shape index (κ2) is 3.18. The van der Waals surface area contributed by atoms with Gasteiger partial charge in [0.2, 0.25) is 0 Å². The number of aryl methyl sites for hydroxylation is 1. The molecule has 0 unspecified atom stereocenters. The molecule has 0 aliphatic carbocycles. The maximum Gasteiger partial charge on any atom is 0.137 e. The lowest BCUT2D eigenvalue weighted by Gasteiger charge is -2.00. The van der Waals surface area contributed by atoms with Crippen molar-refractivity contribution in [3.8, 4) is 17.0 Å². The van der Waals surface area contributed by atoms with Gasteiger partial charge in [-0.1, -0.05) is 17.3 Å². The summed E-state index contributed by atoms with van der Waals surface area (Å²) in [6.07, 6.45) is 0. The average Bonchev–Trinajstić information content (AvgIpc) is 2.49. The molecule has 1 aromatic heterocycles. The van der Waals surface area contributed by atoms with Crippen molar-refractivity contribution in [2.75, 3.05) is 0 Å². The summed E-state index contributed by atoms with van der Waals surface area (Å²) in [6.45, 7) is 3.78. The molecule has 0 saturated carbocycles. The SMILES string of the molecule is Cc1onc(-c2ccccc2O)c1C. The lowest BCUT2D eigenvalue weighted by molar-refractivity contribution is 0.398. The Morgan fingerprint density at radius 3 is 2.50 bits per heavy atom. The number of nitrogens with zero attached hydrogens (tertiary/aromatic N) is 1. The summed E-state index contributed by atoms with van der Waals surface area (Å²) in [5.41, 5.74) is 2.38. The van der Waals surface area contributed by atoms with Crippen molar-refractivity contribution >= 4 is 0 Å². The number of hydrogen-bond donors (Lipinski definition) is 1. The molecule has 0 fully saturated rings. The van der Waals surface area contributed by atoms with Crippen LogP contribution in [0, 0.1) is 13.8 Å². The zero-order chi connectivity index (χ0) is 10.1. The predicted octanol–water partition coefficient (Wildman–Crippen LogP) is 2.66. The molecule has 0 radical (unpaired) electrons. The minimum atomic E-state index is 0.226. The van der Waals surface area contributed by atoms with Gasteiger partial charge < -0.3 is 9.63 Å². The molecule has 2 aromatic rings. The van der Waals surface area contributed by atoms with Crippen LogP contribution in [0.1, 0.15) is 11.3 Å². The Bertz CT molecular complexity index is 460. The summed E-state index contributed by atoms with van der Waals surface area (Å²) in [6, 6.07) is 7.10. The fraction of sp³-hybridized carbons (Fsp3) is 0.182. The van der Waals surface area contributed by atoms with Crippen LogP contribution in [0.5, 0.6) is 5.75 Å². The molecule has 1 N–H and O–H groups in total. The van der Waals surface area contributed by atoms with Gasteiger partial charge in [0.1, 0.15) is 17.2 Å². The molecular formula is C11H11NO2. The molecule has 0 amide bonds. The quantitative estimate of drug-likeness (QED) is 0.750. The molecule has 0 aliphatic heterocycles. The summed E-state index contributed by atoms with van der Waals surface area (Å²) >= 11 is 0. The number of aromatic nitrogens is 1. The van der Waals surface area contributed by atoms with E-state index in [1.807, 2.05) is 26.0 Å². The van der Waals surface area contributed by atoms with Crippen molar-refractivity contribution < 1.29 is 9.63 Å². The monoisotopic (exact) mass is 189 g/mol. The van der Waals surface area contributed by atoms with Crippen LogP contribution in [0.25, 0.3) is 11.3 Å². The first kappa shape index (κ1) is 8.81. The standard InChI is InChI=1S/C11H11NO2/c1-7-8(2)14-12-11(7)9-5-3-4-6-10(9)13/h3-6,13H,1-2H3. The van der Waals surface area contributed by atoms with E-state index in [-0.39, 0.29) is 5.75 Å². The Balaban J connectivity index is 2.60. The number of phenols is 1. The third-order valence-corrected chi connectivity index (χ3v) is 2.32. The van der Waals surface area contributed by atoms with Crippen molar-refractivity contribution in [3.05, 3.63) is 35.6 Å². The van der Waals surface area contributed by atoms with Crippen LogP contribution in [0.3, 0.4) is 0 Å². The van der Waals surface area contributed by atoms with E-state index in [0.717, 1.165) is 11.3 Å². The Morgan fingerprint density at radius 1 is 1.21 bits per heavy atom. The molecule has 0 aliphatic rings. The van der Waals surface area contributed by atoms with Gasteiger partial charge in [-0.15, -0.1) is 0 Å². The van der Waals surface area contributed by atoms with Crippen molar-refractivity contribution in [1.29, 1.82) is 0 Å². The molecule has 1 aromatic carbocycles. The van der Waals surface area contributed by atoms with E-state index in [2.05, 4.69) is 5.16 Å². The first-order chi connectivity index (χ1) is 6.70. The molecule has 0 spiro atoms. The van der Waals surface area contributed by atoms with Gasteiger partial charge in [-0.05, 0) is 26.0 Å². The van der Waals surface area contributed by atoms with Gasteiger partial charge in [-0.25, -0.2) is 0 Å². The normalized spacial score (nSPS) is 10.4. The zero-order valence-electron chi connectivity index (χ0n) is 8.11. The van der Waals surface area contributed by atoms with Gasteiger partial charge in [0.05, 0.1) is 0 Å². The van der Waals surface area contributed by atoms with E-state index in [9.17, 15) is 5.11 Å². The van der Waals surface area contributed by atoms with Gasteiger partial charge in [-0.2, -0.15) is 0 Å². The second-order valence-corrected chi connectivity index (χ2v) is 3.23. The van der Waals surface area contributed by atoms with E-state index in [1.54, 1.807) is 12.1 Å². The number of aromatic hydroxyl groups is 1. The lowest BCUT2D eigenvalue weighted by Crippen LogP contribution is -1.81. The minimum absolute atomic E-state index is 0.226. The van der Waals surface area contributed by atoms with Crippen LogP contribution < -0.4 is 0 Å². The van der Waals surface area contributed by atoms with Gasteiger partial charge in [-0.3, -0.25) is 0 Å². The van der Waals surface area contributed by atoms with Gasteiger partial charge in [0.25, 0.3) is 0 Å². The van der Waals surface area contributed by atoms with Crippen molar-refractivity contribution in [1.82, 2.24) is 5.16 Å². The molecule has 0 bridgehead atoms. The van der Waals surface area contributed by atoms with E-state index in [1.165, 1.54) is 0 Å². The number of benzene rings is 1. The van der Waals surface area contributed by atoms with E-state index in [0.29, 0.717) is 11.3 Å². The highest BCUT2D eigenvalue weighted by molar-refractivity contribution is 5.69. The third-order valence-electron chi connectivity index (χ3n) is 2.32. The van der Waals surface area contributed by atoms with Crippen LogP contribution in [0.2, 0.25) is 0 Å². The lowest BCUT2D eigenvalue weighted by atomic mass is 10.1. The summed E-state index contributed by atoms with van der Waals surface area (Å²) in [4.78, 5) is 0. The zero-order valence-corrected chi connectivity index (χ0v) is 8.11. The van der Waals surface area contributed by atoms with E-state index in [4.69, 9.17) is 4.52 Å². The smallest absolute Gasteiger partial charge is 0.137 e. The summed E-state index contributed by atoms with van der Waals surface area (Å²) in [7, 11) is 0.